The van der Waals surface area contributed by atoms with Crippen LogP contribution in [0.3, 0.4) is 0 Å². The van der Waals surface area contributed by atoms with Crippen LogP contribution in [-0.2, 0) is 0 Å². The minimum absolute atomic E-state index is 0.0506. The van der Waals surface area contributed by atoms with E-state index >= 15 is 0 Å². The van der Waals surface area contributed by atoms with E-state index in [0.717, 1.165) is 31.7 Å². The predicted octanol–water partition coefficient (Wildman–Crippen LogP) is 4.64. The molecule has 0 radical (unpaired) electrons. The molecule has 1 aliphatic rings. The summed E-state index contributed by atoms with van der Waals surface area (Å²) in [5.41, 5.74) is 1.08. The first-order valence-corrected chi connectivity index (χ1v) is 8.03. The van der Waals surface area contributed by atoms with Crippen molar-refractivity contribution in [3.8, 4) is 0 Å². The Kier molecular flexibility index (Phi) is 5.25. The van der Waals surface area contributed by atoms with Gasteiger partial charge in [-0.15, -0.1) is 0 Å². The van der Waals surface area contributed by atoms with Crippen molar-refractivity contribution in [3.63, 3.8) is 0 Å². The number of benzene rings is 1. The molecule has 1 heterocycles. The molecule has 2 nitrogen and oxygen atoms in total. The van der Waals surface area contributed by atoms with Gasteiger partial charge in [0, 0.05) is 37.2 Å². The van der Waals surface area contributed by atoms with Crippen molar-refractivity contribution in [2.45, 2.75) is 26.8 Å². The highest BCUT2D eigenvalue weighted by atomic mass is 35.5. The number of nitrogens with zero attached hydrogens (tertiary/aromatic N) is 1. The van der Waals surface area contributed by atoms with Crippen molar-refractivity contribution in [1.29, 1.82) is 0 Å². The normalized spacial score (nSPS) is 19.1. The van der Waals surface area contributed by atoms with E-state index < -0.39 is 0 Å². The maximum absolute atomic E-state index is 6.45. The SMILES string of the molecule is CC(C)(C)[C@H](c1cc(Cl)cc(Cl)c1Cl)N1CCNCC1. The molecule has 0 unspecified atom stereocenters. The van der Waals surface area contributed by atoms with Crippen molar-refractivity contribution >= 4 is 34.8 Å². The molecule has 0 aromatic heterocycles. The first-order valence-electron chi connectivity index (χ1n) is 6.90. The maximum atomic E-state index is 6.45. The third-order valence-corrected chi connectivity index (χ3v) is 4.69. The molecule has 0 bridgehead atoms. The molecule has 1 aromatic carbocycles. The van der Waals surface area contributed by atoms with Crippen molar-refractivity contribution in [1.82, 2.24) is 10.2 Å². The minimum Gasteiger partial charge on any atom is -0.314 e. The second-order valence-electron chi connectivity index (χ2n) is 6.35. The Balaban J connectivity index is 2.46. The average Bonchev–Trinajstić information content (AvgIpc) is 2.35. The fourth-order valence-corrected chi connectivity index (χ4v) is 3.65. The molecule has 112 valence electrons. The quantitative estimate of drug-likeness (QED) is 0.792. The molecule has 20 heavy (non-hydrogen) atoms. The van der Waals surface area contributed by atoms with E-state index in [0.29, 0.717) is 15.1 Å². The Morgan fingerprint density at radius 3 is 2.25 bits per heavy atom. The first-order chi connectivity index (χ1) is 9.30. The molecule has 0 aliphatic carbocycles. The lowest BCUT2D eigenvalue weighted by Gasteiger charge is -2.43. The molecule has 0 amide bonds. The van der Waals surface area contributed by atoms with Crippen LogP contribution in [0.5, 0.6) is 0 Å². The van der Waals surface area contributed by atoms with Crippen LogP contribution >= 0.6 is 34.8 Å². The summed E-state index contributed by atoms with van der Waals surface area (Å²) in [6.07, 6.45) is 0. The molecular formula is C15H21Cl3N2. The molecule has 5 heteroatoms. The van der Waals surface area contributed by atoms with Crippen molar-refractivity contribution in [3.05, 3.63) is 32.8 Å². The lowest BCUT2D eigenvalue weighted by Crippen LogP contribution is -2.48. The van der Waals surface area contributed by atoms with Gasteiger partial charge < -0.3 is 5.32 Å². The maximum Gasteiger partial charge on any atom is 0.0641 e. The zero-order valence-corrected chi connectivity index (χ0v) is 14.4. The molecule has 1 N–H and O–H groups in total. The van der Waals surface area contributed by atoms with E-state index in [-0.39, 0.29) is 11.5 Å². The smallest absolute Gasteiger partial charge is 0.0641 e. The summed E-state index contributed by atoms with van der Waals surface area (Å²) in [6, 6.07) is 3.86. The van der Waals surface area contributed by atoms with Gasteiger partial charge in [-0.3, -0.25) is 4.90 Å². The van der Waals surface area contributed by atoms with Crippen LogP contribution < -0.4 is 5.32 Å². The third kappa shape index (κ3) is 3.61. The van der Waals surface area contributed by atoms with Crippen LogP contribution in [0.15, 0.2) is 12.1 Å². The fourth-order valence-electron chi connectivity index (χ4n) is 2.93. The average molecular weight is 336 g/mol. The van der Waals surface area contributed by atoms with Crippen molar-refractivity contribution in [2.75, 3.05) is 26.2 Å². The van der Waals surface area contributed by atoms with E-state index in [2.05, 4.69) is 31.0 Å². The summed E-state index contributed by atoms with van der Waals surface area (Å²) in [6.45, 7) is 10.7. The molecule has 1 fully saturated rings. The van der Waals surface area contributed by atoms with Crippen LogP contribution in [-0.4, -0.2) is 31.1 Å². The van der Waals surface area contributed by atoms with Gasteiger partial charge in [0.15, 0.2) is 0 Å². The molecule has 1 saturated heterocycles. The van der Waals surface area contributed by atoms with Crippen LogP contribution in [0.2, 0.25) is 15.1 Å². The molecular weight excluding hydrogens is 315 g/mol. The minimum atomic E-state index is 0.0506. The predicted molar refractivity (Wildman–Crippen MR) is 88.1 cm³/mol. The molecule has 2 rings (SSSR count). The lowest BCUT2D eigenvalue weighted by atomic mass is 9.81. The zero-order chi connectivity index (χ0) is 14.9. The Morgan fingerprint density at radius 2 is 1.70 bits per heavy atom. The van der Waals surface area contributed by atoms with E-state index in [9.17, 15) is 0 Å². The Labute approximate surface area is 136 Å². The van der Waals surface area contributed by atoms with Gasteiger partial charge in [-0.05, 0) is 23.1 Å². The van der Waals surface area contributed by atoms with E-state index in [1.54, 1.807) is 6.07 Å². The van der Waals surface area contributed by atoms with E-state index in [1.807, 2.05) is 6.07 Å². The lowest BCUT2D eigenvalue weighted by molar-refractivity contribution is 0.0863. The number of nitrogens with one attached hydrogen (secondary N) is 1. The van der Waals surface area contributed by atoms with Crippen LogP contribution in [0.1, 0.15) is 32.4 Å². The number of halogens is 3. The van der Waals surface area contributed by atoms with Crippen molar-refractivity contribution < 1.29 is 0 Å². The third-order valence-electron chi connectivity index (χ3n) is 3.65. The summed E-state index contributed by atoms with van der Waals surface area (Å²) in [7, 11) is 0. The topological polar surface area (TPSA) is 15.3 Å². The summed E-state index contributed by atoms with van der Waals surface area (Å²) < 4.78 is 0. The van der Waals surface area contributed by atoms with E-state index in [1.165, 1.54) is 0 Å². The van der Waals surface area contributed by atoms with Crippen LogP contribution in [0, 0.1) is 5.41 Å². The number of hydrogen-bond acceptors (Lipinski definition) is 2. The zero-order valence-electron chi connectivity index (χ0n) is 12.1. The van der Waals surface area contributed by atoms with Gasteiger partial charge in [0.25, 0.3) is 0 Å². The summed E-state index contributed by atoms with van der Waals surface area (Å²) >= 11 is 18.8. The fraction of sp³-hybridized carbons (Fsp3) is 0.600. The molecule has 1 atom stereocenters. The summed E-state index contributed by atoms with van der Waals surface area (Å²) in [4.78, 5) is 2.46. The van der Waals surface area contributed by atoms with Gasteiger partial charge in [-0.2, -0.15) is 0 Å². The molecule has 0 spiro atoms. The Bertz CT molecular complexity index is 477. The highest BCUT2D eigenvalue weighted by Gasteiger charge is 2.34. The van der Waals surface area contributed by atoms with Gasteiger partial charge in [0.05, 0.1) is 10.0 Å². The number of rotatable bonds is 2. The Morgan fingerprint density at radius 1 is 1.10 bits per heavy atom. The highest BCUT2D eigenvalue weighted by Crippen LogP contribution is 2.44. The van der Waals surface area contributed by atoms with Gasteiger partial charge >= 0.3 is 0 Å². The van der Waals surface area contributed by atoms with Gasteiger partial charge in [-0.25, -0.2) is 0 Å². The van der Waals surface area contributed by atoms with Gasteiger partial charge in [0.2, 0.25) is 0 Å². The number of hydrogen-bond donors (Lipinski definition) is 1. The van der Waals surface area contributed by atoms with Crippen LogP contribution in [0.4, 0.5) is 0 Å². The molecule has 1 aromatic rings. The van der Waals surface area contributed by atoms with Gasteiger partial charge in [-0.1, -0.05) is 55.6 Å². The standard InChI is InChI=1S/C15H21Cl3N2/c1-15(2,3)14(20-6-4-19-5-7-20)11-8-10(16)9-12(17)13(11)18/h8-9,14,19H,4-7H2,1-3H3/t14-/m0/s1. The second kappa shape index (κ2) is 6.41. The molecule has 0 saturated carbocycles. The second-order valence-corrected chi connectivity index (χ2v) is 7.57. The largest absolute Gasteiger partial charge is 0.314 e. The Hall–Kier alpha value is 0.01000. The van der Waals surface area contributed by atoms with Crippen molar-refractivity contribution in [2.24, 2.45) is 5.41 Å². The summed E-state index contributed by atoms with van der Waals surface area (Å²) in [5, 5.41) is 5.17. The number of piperazine rings is 1. The van der Waals surface area contributed by atoms with E-state index in [4.69, 9.17) is 34.8 Å². The highest BCUT2D eigenvalue weighted by molar-refractivity contribution is 6.43. The molecule has 1 aliphatic heterocycles. The monoisotopic (exact) mass is 334 g/mol. The first kappa shape index (κ1) is 16.4. The van der Waals surface area contributed by atoms with Gasteiger partial charge in [0.1, 0.15) is 0 Å². The van der Waals surface area contributed by atoms with Crippen LogP contribution in [0.25, 0.3) is 0 Å². The summed E-state index contributed by atoms with van der Waals surface area (Å²) in [5.74, 6) is 0.